The molecule has 2 aromatic rings. The second-order valence-electron chi connectivity index (χ2n) is 6.74. The van der Waals surface area contributed by atoms with Crippen molar-refractivity contribution in [1.29, 1.82) is 0 Å². The van der Waals surface area contributed by atoms with Crippen molar-refractivity contribution in [2.75, 3.05) is 6.54 Å². The molecule has 0 spiro atoms. The zero-order valence-corrected chi connectivity index (χ0v) is 16.3. The van der Waals surface area contributed by atoms with Crippen molar-refractivity contribution >= 4 is 15.9 Å². The van der Waals surface area contributed by atoms with Gasteiger partial charge in [-0.1, -0.05) is 19.4 Å². The maximum Gasteiger partial charge on any atom is 0.251 e. The van der Waals surface area contributed by atoms with Crippen molar-refractivity contribution in [2.45, 2.75) is 50.1 Å². The van der Waals surface area contributed by atoms with E-state index in [2.05, 4.69) is 10.3 Å². The van der Waals surface area contributed by atoms with E-state index in [9.17, 15) is 13.2 Å². The molecule has 1 aromatic carbocycles. The van der Waals surface area contributed by atoms with Crippen molar-refractivity contribution < 1.29 is 13.2 Å². The molecule has 0 saturated carbocycles. The fourth-order valence-corrected chi connectivity index (χ4v) is 5.23. The number of carbonyl (C=O) groups excluding carboxylic acids is 1. The summed E-state index contributed by atoms with van der Waals surface area (Å²) in [6.07, 6.45) is 6.95. The minimum absolute atomic E-state index is 0.0351. The molecule has 1 aliphatic rings. The molecule has 1 amide bonds. The van der Waals surface area contributed by atoms with Crippen LogP contribution in [0.4, 0.5) is 0 Å². The van der Waals surface area contributed by atoms with Gasteiger partial charge in [-0.05, 0) is 55.2 Å². The number of piperidine rings is 1. The zero-order chi connectivity index (χ0) is 19.3. The van der Waals surface area contributed by atoms with E-state index >= 15 is 0 Å². The van der Waals surface area contributed by atoms with E-state index in [1.807, 2.05) is 19.1 Å². The highest BCUT2D eigenvalue weighted by Crippen LogP contribution is 2.27. The molecule has 0 radical (unpaired) electrons. The summed E-state index contributed by atoms with van der Waals surface area (Å²) in [5.41, 5.74) is 1.27. The number of nitrogens with one attached hydrogen (secondary N) is 1. The minimum atomic E-state index is -3.60. The molecule has 1 aliphatic heterocycles. The lowest BCUT2D eigenvalue weighted by atomic mass is 10.0. The van der Waals surface area contributed by atoms with Gasteiger partial charge in [0.25, 0.3) is 5.91 Å². The monoisotopic (exact) mass is 387 g/mol. The number of hydrogen-bond acceptors (Lipinski definition) is 4. The Labute approximate surface area is 160 Å². The molecule has 7 heteroatoms. The first kappa shape index (κ1) is 19.5. The molecule has 1 saturated heterocycles. The number of benzene rings is 1. The van der Waals surface area contributed by atoms with E-state index in [0.29, 0.717) is 18.7 Å². The van der Waals surface area contributed by atoms with Crippen LogP contribution in [0.15, 0.2) is 53.7 Å². The fourth-order valence-electron chi connectivity index (χ4n) is 3.42. The van der Waals surface area contributed by atoms with Crippen LogP contribution in [-0.2, 0) is 16.6 Å². The Morgan fingerprint density at radius 2 is 2.00 bits per heavy atom. The lowest BCUT2D eigenvalue weighted by Crippen LogP contribution is -2.43. The van der Waals surface area contributed by atoms with Crippen LogP contribution in [0.5, 0.6) is 0 Å². The number of nitrogens with zero attached hydrogens (tertiary/aromatic N) is 2. The third-order valence-corrected chi connectivity index (χ3v) is 6.90. The van der Waals surface area contributed by atoms with Crippen molar-refractivity contribution in [1.82, 2.24) is 14.6 Å². The predicted octanol–water partition coefficient (Wildman–Crippen LogP) is 2.96. The maximum atomic E-state index is 13.1. The molecule has 144 valence electrons. The van der Waals surface area contributed by atoms with Gasteiger partial charge in [0.05, 0.1) is 4.90 Å². The SMILES string of the molecule is CCC1CCCCN1S(=O)(=O)c1cccc(C(=O)NCc2ccncc2)c1. The van der Waals surface area contributed by atoms with E-state index in [0.717, 1.165) is 31.2 Å². The summed E-state index contributed by atoms with van der Waals surface area (Å²) in [5.74, 6) is -0.297. The van der Waals surface area contributed by atoms with E-state index in [1.165, 1.54) is 6.07 Å². The first-order valence-electron chi connectivity index (χ1n) is 9.31. The van der Waals surface area contributed by atoms with Gasteiger partial charge in [0.15, 0.2) is 0 Å². The predicted molar refractivity (Wildman–Crippen MR) is 104 cm³/mol. The van der Waals surface area contributed by atoms with Crippen molar-refractivity contribution in [3.05, 3.63) is 59.9 Å². The standard InChI is InChI=1S/C20H25N3O3S/c1-2-18-7-3-4-13-23(18)27(25,26)19-8-5-6-17(14-19)20(24)22-15-16-9-11-21-12-10-16/h5-6,8-12,14,18H,2-4,7,13,15H2,1H3,(H,22,24). The van der Waals surface area contributed by atoms with Gasteiger partial charge >= 0.3 is 0 Å². The average Bonchev–Trinajstić information content (AvgIpc) is 2.72. The van der Waals surface area contributed by atoms with Crippen molar-refractivity contribution in [2.24, 2.45) is 0 Å². The number of sulfonamides is 1. The van der Waals surface area contributed by atoms with Gasteiger partial charge in [-0.25, -0.2) is 8.42 Å². The summed E-state index contributed by atoms with van der Waals surface area (Å²) in [6.45, 7) is 2.92. The van der Waals surface area contributed by atoms with Gasteiger partial charge in [-0.3, -0.25) is 9.78 Å². The van der Waals surface area contributed by atoms with Gasteiger partial charge in [0.2, 0.25) is 10.0 Å². The number of aromatic nitrogens is 1. The molecule has 27 heavy (non-hydrogen) atoms. The Morgan fingerprint density at radius 1 is 1.22 bits per heavy atom. The summed E-state index contributed by atoms with van der Waals surface area (Å²) in [4.78, 5) is 16.6. The number of hydrogen-bond donors (Lipinski definition) is 1. The zero-order valence-electron chi connectivity index (χ0n) is 15.5. The Bertz CT molecular complexity index is 884. The first-order valence-corrected chi connectivity index (χ1v) is 10.8. The van der Waals surface area contributed by atoms with Crippen LogP contribution >= 0.6 is 0 Å². The van der Waals surface area contributed by atoms with Gasteiger partial charge in [-0.15, -0.1) is 0 Å². The Balaban J connectivity index is 1.77. The van der Waals surface area contributed by atoms with Crippen molar-refractivity contribution in [3.8, 4) is 0 Å². The minimum Gasteiger partial charge on any atom is -0.348 e. The summed E-state index contributed by atoms with van der Waals surface area (Å²) in [7, 11) is -3.60. The Hall–Kier alpha value is -2.25. The summed E-state index contributed by atoms with van der Waals surface area (Å²) < 4.78 is 27.8. The van der Waals surface area contributed by atoms with Crippen LogP contribution in [0.1, 0.15) is 48.5 Å². The molecule has 1 fully saturated rings. The van der Waals surface area contributed by atoms with Crippen LogP contribution in [0.2, 0.25) is 0 Å². The van der Waals surface area contributed by atoms with E-state index in [-0.39, 0.29) is 16.8 Å². The molecule has 1 atom stereocenters. The van der Waals surface area contributed by atoms with Crippen LogP contribution in [0.25, 0.3) is 0 Å². The van der Waals surface area contributed by atoms with Crippen LogP contribution in [-0.4, -0.2) is 36.2 Å². The van der Waals surface area contributed by atoms with Crippen molar-refractivity contribution in [3.63, 3.8) is 0 Å². The lowest BCUT2D eigenvalue weighted by molar-refractivity contribution is 0.0950. The second-order valence-corrected chi connectivity index (χ2v) is 8.63. The lowest BCUT2D eigenvalue weighted by Gasteiger charge is -2.34. The summed E-state index contributed by atoms with van der Waals surface area (Å²) in [5, 5.41) is 2.82. The number of rotatable bonds is 6. The molecule has 1 unspecified atom stereocenters. The van der Waals surface area contributed by atoms with E-state index < -0.39 is 10.0 Å². The summed E-state index contributed by atoms with van der Waals surface area (Å²) >= 11 is 0. The van der Waals surface area contributed by atoms with E-state index in [4.69, 9.17) is 0 Å². The number of pyridine rings is 1. The topological polar surface area (TPSA) is 79.4 Å². The Kier molecular flexibility index (Phi) is 6.23. The third kappa shape index (κ3) is 4.54. The third-order valence-electron chi connectivity index (χ3n) is 4.95. The molecule has 1 aromatic heterocycles. The van der Waals surface area contributed by atoms with Crippen LogP contribution in [0, 0.1) is 0 Å². The molecule has 3 rings (SSSR count). The van der Waals surface area contributed by atoms with Gasteiger partial charge < -0.3 is 5.32 Å². The van der Waals surface area contributed by atoms with Crippen LogP contribution in [0.3, 0.4) is 0 Å². The molecule has 0 bridgehead atoms. The maximum absolute atomic E-state index is 13.1. The number of carbonyl (C=O) groups is 1. The van der Waals surface area contributed by atoms with Gasteiger partial charge in [-0.2, -0.15) is 4.31 Å². The second kappa shape index (κ2) is 8.63. The molecule has 1 N–H and O–H groups in total. The van der Waals surface area contributed by atoms with Gasteiger partial charge in [0, 0.05) is 37.1 Å². The molecule has 2 heterocycles. The summed E-state index contributed by atoms with van der Waals surface area (Å²) in [6, 6.07) is 9.97. The normalized spacial score (nSPS) is 18.2. The highest BCUT2D eigenvalue weighted by atomic mass is 32.2. The first-order chi connectivity index (χ1) is 13.0. The Morgan fingerprint density at radius 3 is 2.74 bits per heavy atom. The van der Waals surface area contributed by atoms with Crippen LogP contribution < -0.4 is 5.32 Å². The smallest absolute Gasteiger partial charge is 0.251 e. The molecule has 6 nitrogen and oxygen atoms in total. The average molecular weight is 388 g/mol. The molecule has 0 aliphatic carbocycles. The largest absolute Gasteiger partial charge is 0.348 e. The quantitative estimate of drug-likeness (QED) is 0.826. The molecular weight excluding hydrogens is 362 g/mol. The highest BCUT2D eigenvalue weighted by molar-refractivity contribution is 7.89. The fraction of sp³-hybridized carbons (Fsp3) is 0.400. The number of amides is 1. The van der Waals surface area contributed by atoms with E-state index in [1.54, 1.807) is 34.9 Å². The highest BCUT2D eigenvalue weighted by Gasteiger charge is 2.32. The van der Waals surface area contributed by atoms with Gasteiger partial charge in [0.1, 0.15) is 0 Å². The molecular formula is C20H25N3O3S.